The van der Waals surface area contributed by atoms with Gasteiger partial charge in [0.1, 0.15) is 0 Å². The van der Waals surface area contributed by atoms with Gasteiger partial charge in [-0.15, -0.1) is 0 Å². The van der Waals surface area contributed by atoms with Crippen molar-refractivity contribution in [2.24, 2.45) is 11.8 Å². The second-order valence-corrected chi connectivity index (χ2v) is 7.04. The Morgan fingerprint density at radius 2 is 1.36 bits per heavy atom. The van der Waals surface area contributed by atoms with E-state index in [0.29, 0.717) is 15.2 Å². The van der Waals surface area contributed by atoms with Crippen molar-refractivity contribution in [3.05, 3.63) is 0 Å². The third-order valence-electron chi connectivity index (χ3n) is 2.52. The van der Waals surface area contributed by atoms with E-state index in [2.05, 4.69) is 33.0 Å². The van der Waals surface area contributed by atoms with Gasteiger partial charge in [0.2, 0.25) is 15.2 Å². The molecule has 0 unspecified atom stereocenters. The van der Waals surface area contributed by atoms with Crippen LogP contribution in [0.3, 0.4) is 0 Å². The van der Waals surface area contributed by atoms with Gasteiger partial charge in [-0.3, -0.25) is 0 Å². The predicted molar refractivity (Wildman–Crippen MR) is 68.5 cm³/mol. The highest BCUT2D eigenvalue weighted by atomic mass is 27.1. The minimum absolute atomic E-state index is 0.316. The minimum atomic E-state index is 0.316. The lowest BCUT2D eigenvalue weighted by Crippen LogP contribution is -2.03. The SMILES string of the molecule is C1CCNC1.CC(C)[CH2][AlH][CH2]C(C)C. The van der Waals surface area contributed by atoms with Crippen LogP contribution in [0.2, 0.25) is 10.6 Å². The average Bonchev–Trinajstić information content (AvgIpc) is 2.58. The first kappa shape index (κ1) is 14.5. The van der Waals surface area contributed by atoms with Crippen LogP contribution in [0.15, 0.2) is 0 Å². The lowest BCUT2D eigenvalue weighted by Gasteiger charge is -2.03. The van der Waals surface area contributed by atoms with Gasteiger partial charge in [0, 0.05) is 0 Å². The van der Waals surface area contributed by atoms with E-state index in [1.165, 1.54) is 36.5 Å². The maximum absolute atomic E-state index is 3.22. The van der Waals surface area contributed by atoms with Crippen LogP contribution in [0.1, 0.15) is 40.5 Å². The van der Waals surface area contributed by atoms with Gasteiger partial charge < -0.3 is 5.32 Å². The Kier molecular flexibility index (Phi) is 10.4. The van der Waals surface area contributed by atoms with Crippen LogP contribution in [0.4, 0.5) is 0 Å². The Balaban J connectivity index is 0.000000280. The molecule has 1 rings (SSSR count). The van der Waals surface area contributed by atoms with Gasteiger partial charge >= 0.3 is 0 Å². The van der Waals surface area contributed by atoms with Crippen molar-refractivity contribution < 1.29 is 0 Å². The van der Waals surface area contributed by atoms with Crippen molar-refractivity contribution in [2.75, 3.05) is 13.1 Å². The molecule has 0 aromatic carbocycles. The van der Waals surface area contributed by atoms with E-state index in [4.69, 9.17) is 0 Å². The molecule has 1 saturated heterocycles. The van der Waals surface area contributed by atoms with Crippen molar-refractivity contribution in [3.63, 3.8) is 0 Å². The molecular formula is C12H28AlN. The summed E-state index contributed by atoms with van der Waals surface area (Å²) in [5.74, 6) is 1.91. The highest BCUT2D eigenvalue weighted by Crippen LogP contribution is 2.05. The van der Waals surface area contributed by atoms with E-state index in [0.717, 1.165) is 11.8 Å². The van der Waals surface area contributed by atoms with Crippen molar-refractivity contribution in [3.8, 4) is 0 Å². The zero-order valence-corrected chi connectivity index (χ0v) is 12.0. The first-order valence-electron chi connectivity index (χ1n) is 6.33. The van der Waals surface area contributed by atoms with Gasteiger partial charge in [0.05, 0.1) is 0 Å². The Bertz CT molecular complexity index is 93.3. The topological polar surface area (TPSA) is 12.0 Å². The second kappa shape index (κ2) is 10.0. The summed E-state index contributed by atoms with van der Waals surface area (Å²) in [5, 5.41) is 6.30. The predicted octanol–water partition coefficient (Wildman–Crippen LogP) is 2.94. The normalized spacial score (nSPS) is 15.6. The summed E-state index contributed by atoms with van der Waals surface area (Å²) in [6.07, 6.45) is 2.78. The standard InChI is InChI=1S/C4H9N.2C4H9.Al.H/c1-2-4-5-3-1;2*1-4(2)3;;/h5H,1-4H2;2*4H,1H2,2-3H3;;. The fourth-order valence-corrected chi connectivity index (χ4v) is 3.43. The molecule has 1 nitrogen and oxygen atoms in total. The molecule has 2 heteroatoms. The molecule has 1 N–H and O–H groups in total. The van der Waals surface area contributed by atoms with Crippen LogP contribution < -0.4 is 5.32 Å². The quantitative estimate of drug-likeness (QED) is 0.708. The zero-order valence-electron chi connectivity index (χ0n) is 10.6. The fraction of sp³-hybridized carbons (Fsp3) is 1.00. The van der Waals surface area contributed by atoms with E-state index < -0.39 is 0 Å². The summed E-state index contributed by atoms with van der Waals surface area (Å²) >= 11 is 0.316. The molecule has 1 heterocycles. The van der Waals surface area contributed by atoms with Gasteiger partial charge in [-0.05, 0) is 25.9 Å². The summed E-state index contributed by atoms with van der Waals surface area (Å²) < 4.78 is 0. The molecule has 1 fully saturated rings. The number of nitrogens with one attached hydrogen (secondary N) is 1. The molecule has 0 aromatic heterocycles. The number of hydrogen-bond acceptors (Lipinski definition) is 1. The van der Waals surface area contributed by atoms with E-state index in [-0.39, 0.29) is 0 Å². The summed E-state index contributed by atoms with van der Waals surface area (Å²) in [5.41, 5.74) is 0. The molecule has 14 heavy (non-hydrogen) atoms. The number of rotatable bonds is 4. The maximum atomic E-state index is 3.22. The molecule has 0 bridgehead atoms. The summed E-state index contributed by atoms with van der Waals surface area (Å²) in [4.78, 5) is 0. The molecule has 84 valence electrons. The van der Waals surface area contributed by atoms with E-state index >= 15 is 0 Å². The third kappa shape index (κ3) is 12.5. The number of hydrogen-bond donors (Lipinski definition) is 1. The van der Waals surface area contributed by atoms with E-state index in [1.807, 2.05) is 0 Å². The molecule has 0 atom stereocenters. The van der Waals surface area contributed by atoms with Crippen molar-refractivity contribution >= 4 is 15.2 Å². The van der Waals surface area contributed by atoms with Gasteiger partial charge in [-0.2, -0.15) is 0 Å². The van der Waals surface area contributed by atoms with Gasteiger partial charge in [-0.1, -0.05) is 50.1 Å². The van der Waals surface area contributed by atoms with Gasteiger partial charge in [0.25, 0.3) is 0 Å². The summed E-state index contributed by atoms with van der Waals surface area (Å²) in [6.45, 7) is 11.8. The minimum Gasteiger partial charge on any atom is -0.317 e. The van der Waals surface area contributed by atoms with Crippen LogP contribution in [-0.4, -0.2) is 28.3 Å². The van der Waals surface area contributed by atoms with Crippen LogP contribution in [-0.2, 0) is 0 Å². The second-order valence-electron chi connectivity index (χ2n) is 5.18. The first-order valence-corrected chi connectivity index (χ1v) is 8.33. The third-order valence-corrected chi connectivity index (χ3v) is 5.65. The van der Waals surface area contributed by atoms with Crippen LogP contribution in [0.25, 0.3) is 0 Å². The average molecular weight is 213 g/mol. The Hall–Kier alpha value is 0.492. The van der Waals surface area contributed by atoms with Crippen molar-refractivity contribution in [1.82, 2.24) is 5.32 Å². The van der Waals surface area contributed by atoms with E-state index in [9.17, 15) is 0 Å². The summed E-state index contributed by atoms with van der Waals surface area (Å²) in [6, 6.07) is 0. The molecule has 1 aliphatic heterocycles. The molecule has 0 saturated carbocycles. The van der Waals surface area contributed by atoms with Crippen LogP contribution >= 0.6 is 0 Å². The van der Waals surface area contributed by atoms with Crippen LogP contribution in [0, 0.1) is 11.8 Å². The lowest BCUT2D eigenvalue weighted by atomic mass is 10.3. The molecule has 0 amide bonds. The molecule has 0 aromatic rings. The highest BCUT2D eigenvalue weighted by Gasteiger charge is 1.99. The van der Waals surface area contributed by atoms with Gasteiger partial charge in [0.15, 0.2) is 0 Å². The van der Waals surface area contributed by atoms with Crippen molar-refractivity contribution in [1.29, 1.82) is 0 Å². The summed E-state index contributed by atoms with van der Waals surface area (Å²) in [7, 11) is 0. The monoisotopic (exact) mass is 213 g/mol. The van der Waals surface area contributed by atoms with Crippen molar-refractivity contribution in [2.45, 2.75) is 51.1 Å². The largest absolute Gasteiger partial charge is 0.317 e. The van der Waals surface area contributed by atoms with E-state index in [1.54, 1.807) is 0 Å². The molecule has 1 aliphatic rings. The molecule has 0 spiro atoms. The first-order chi connectivity index (χ1) is 6.63. The zero-order chi connectivity index (χ0) is 10.8. The highest BCUT2D eigenvalue weighted by molar-refractivity contribution is 6.35. The lowest BCUT2D eigenvalue weighted by molar-refractivity contribution is 0.700. The Morgan fingerprint density at radius 3 is 1.57 bits per heavy atom. The maximum Gasteiger partial charge on any atom is 0.237 e. The Morgan fingerprint density at radius 1 is 0.929 bits per heavy atom. The smallest absolute Gasteiger partial charge is 0.237 e. The molecule has 0 aliphatic carbocycles. The van der Waals surface area contributed by atoms with Gasteiger partial charge in [-0.25, -0.2) is 0 Å². The molecular weight excluding hydrogens is 185 g/mol. The molecule has 0 radical (unpaired) electrons. The Labute approximate surface area is 96.8 Å². The fourth-order valence-electron chi connectivity index (χ4n) is 1.56. The van der Waals surface area contributed by atoms with Crippen LogP contribution in [0.5, 0.6) is 0 Å².